The molecule has 4 aromatic rings. The first-order valence-corrected chi connectivity index (χ1v) is 8.19. The van der Waals surface area contributed by atoms with Gasteiger partial charge >= 0.3 is 0 Å². The van der Waals surface area contributed by atoms with Gasteiger partial charge in [0.25, 0.3) is 0 Å². The third-order valence-corrected chi connectivity index (χ3v) is 4.28. The second-order valence-electron chi connectivity index (χ2n) is 6.01. The zero-order chi connectivity index (χ0) is 17.2. The minimum atomic E-state index is 0.619. The van der Waals surface area contributed by atoms with Crippen molar-refractivity contribution in [2.24, 2.45) is 5.73 Å². The zero-order valence-electron chi connectivity index (χ0n) is 13.6. The van der Waals surface area contributed by atoms with Crippen molar-refractivity contribution in [3.63, 3.8) is 0 Å². The number of aromatic amines is 2. The van der Waals surface area contributed by atoms with Gasteiger partial charge in [0.2, 0.25) is 0 Å². The van der Waals surface area contributed by atoms with Crippen LogP contribution in [0.15, 0.2) is 42.5 Å². The molecule has 0 spiro atoms. The van der Waals surface area contributed by atoms with Gasteiger partial charge in [0.15, 0.2) is 0 Å². The Balaban J connectivity index is 1.71. The van der Waals surface area contributed by atoms with E-state index in [4.69, 9.17) is 11.0 Å². The van der Waals surface area contributed by atoms with Gasteiger partial charge in [0.1, 0.15) is 5.69 Å². The molecule has 0 saturated heterocycles. The quantitative estimate of drug-likeness (QED) is 0.422. The van der Waals surface area contributed by atoms with Crippen LogP contribution in [0.4, 0.5) is 0 Å². The lowest BCUT2D eigenvalue weighted by Gasteiger charge is -2.03. The van der Waals surface area contributed by atoms with Gasteiger partial charge in [0.05, 0.1) is 22.8 Å². The molecule has 124 valence electrons. The molecule has 0 aliphatic rings. The molecule has 25 heavy (non-hydrogen) atoms. The van der Waals surface area contributed by atoms with Gasteiger partial charge in [-0.1, -0.05) is 12.1 Å². The van der Waals surface area contributed by atoms with E-state index in [1.54, 1.807) is 0 Å². The van der Waals surface area contributed by atoms with Crippen LogP contribution in [0.3, 0.4) is 0 Å². The largest absolute Gasteiger partial charge is 0.353 e. The Morgan fingerprint density at radius 3 is 2.88 bits per heavy atom. The molecule has 0 aliphatic carbocycles. The minimum absolute atomic E-state index is 0.619. The number of nitriles is 1. The molecule has 0 radical (unpaired) electrons. The summed E-state index contributed by atoms with van der Waals surface area (Å²) in [6, 6.07) is 16.2. The van der Waals surface area contributed by atoms with E-state index in [9.17, 15) is 0 Å². The number of nitrogens with one attached hydrogen (secondary N) is 3. The van der Waals surface area contributed by atoms with Gasteiger partial charge in [0, 0.05) is 35.9 Å². The molecule has 4 rings (SSSR count). The molecule has 0 atom stereocenters. The van der Waals surface area contributed by atoms with Crippen LogP contribution in [0.1, 0.15) is 11.1 Å². The van der Waals surface area contributed by atoms with Crippen LogP contribution in [0.25, 0.3) is 33.2 Å². The number of nitrogens with zero attached hydrogens (tertiary/aromatic N) is 2. The van der Waals surface area contributed by atoms with Gasteiger partial charge in [-0.3, -0.25) is 5.10 Å². The van der Waals surface area contributed by atoms with E-state index in [0.29, 0.717) is 12.1 Å². The highest BCUT2D eigenvalue weighted by molar-refractivity contribution is 5.96. The smallest absolute Gasteiger partial charge is 0.116 e. The highest BCUT2D eigenvalue weighted by Crippen LogP contribution is 2.29. The normalized spacial score (nSPS) is 11.2. The Kier molecular flexibility index (Phi) is 3.94. The van der Waals surface area contributed by atoms with Gasteiger partial charge in [-0.2, -0.15) is 10.4 Å². The first kappa shape index (κ1) is 15.4. The first-order chi connectivity index (χ1) is 12.3. The number of hydrogen-bond donors (Lipinski definition) is 4. The van der Waals surface area contributed by atoms with Crippen LogP contribution in [-0.2, 0) is 6.54 Å². The topological polar surface area (TPSA) is 106 Å². The average Bonchev–Trinajstić information content (AvgIpc) is 3.24. The molecular weight excluding hydrogens is 312 g/mol. The summed E-state index contributed by atoms with van der Waals surface area (Å²) in [5, 5.41) is 21.9. The Hall–Kier alpha value is -3.14. The molecular formula is C19H18N6. The summed E-state index contributed by atoms with van der Waals surface area (Å²) in [7, 11) is 0. The van der Waals surface area contributed by atoms with Crippen LogP contribution in [-0.4, -0.2) is 28.3 Å². The number of nitrogens with two attached hydrogens (primary N) is 1. The van der Waals surface area contributed by atoms with Crippen LogP contribution >= 0.6 is 0 Å². The fourth-order valence-electron chi connectivity index (χ4n) is 3.04. The predicted molar refractivity (Wildman–Crippen MR) is 98.9 cm³/mol. The van der Waals surface area contributed by atoms with E-state index < -0.39 is 0 Å². The van der Waals surface area contributed by atoms with Crippen LogP contribution < -0.4 is 11.1 Å². The Labute approximate surface area is 144 Å². The molecule has 0 fully saturated rings. The van der Waals surface area contributed by atoms with E-state index in [0.717, 1.165) is 46.3 Å². The number of hydrogen-bond acceptors (Lipinski definition) is 4. The molecule has 5 N–H and O–H groups in total. The van der Waals surface area contributed by atoms with Crippen LogP contribution in [0, 0.1) is 11.3 Å². The number of H-pyrrole nitrogens is 2. The van der Waals surface area contributed by atoms with E-state index >= 15 is 0 Å². The molecule has 6 heteroatoms. The molecule has 2 heterocycles. The maximum Gasteiger partial charge on any atom is 0.116 e. The maximum absolute atomic E-state index is 9.02. The molecule has 0 saturated carbocycles. The third kappa shape index (κ3) is 2.87. The summed E-state index contributed by atoms with van der Waals surface area (Å²) in [6.45, 7) is 2.23. The van der Waals surface area contributed by atoms with Crippen molar-refractivity contribution < 1.29 is 0 Å². The second-order valence-corrected chi connectivity index (χ2v) is 6.01. The fraction of sp³-hybridized carbons (Fsp3) is 0.158. The predicted octanol–water partition coefficient (Wildman–Crippen LogP) is 2.63. The Morgan fingerprint density at radius 2 is 2.04 bits per heavy atom. The lowest BCUT2D eigenvalue weighted by atomic mass is 10.1. The number of benzene rings is 2. The van der Waals surface area contributed by atoms with E-state index in [1.165, 1.54) is 5.56 Å². The van der Waals surface area contributed by atoms with Crippen molar-refractivity contribution in [1.82, 2.24) is 20.5 Å². The summed E-state index contributed by atoms with van der Waals surface area (Å²) >= 11 is 0. The van der Waals surface area contributed by atoms with Crippen molar-refractivity contribution in [1.29, 1.82) is 5.26 Å². The fourth-order valence-corrected chi connectivity index (χ4v) is 3.04. The Morgan fingerprint density at radius 1 is 1.12 bits per heavy atom. The van der Waals surface area contributed by atoms with E-state index in [-0.39, 0.29) is 0 Å². The standard InChI is InChI=1S/C19H18N6/c20-5-6-22-11-13-1-3-14-9-18(23-16(14)8-13)19-15-4-2-12(10-21)7-17(15)24-25-19/h1-4,7-9,22-23H,5-6,11,20H2,(H,24,25). The first-order valence-electron chi connectivity index (χ1n) is 8.19. The maximum atomic E-state index is 9.02. The molecule has 0 aliphatic heterocycles. The third-order valence-electron chi connectivity index (χ3n) is 4.28. The van der Waals surface area contributed by atoms with E-state index in [1.807, 2.05) is 18.2 Å². The summed E-state index contributed by atoms with van der Waals surface area (Å²) in [4.78, 5) is 3.45. The van der Waals surface area contributed by atoms with Crippen LogP contribution in [0.5, 0.6) is 0 Å². The number of rotatable bonds is 5. The minimum Gasteiger partial charge on any atom is -0.353 e. The highest BCUT2D eigenvalue weighted by Gasteiger charge is 2.11. The monoisotopic (exact) mass is 330 g/mol. The molecule has 0 amide bonds. The lowest BCUT2D eigenvalue weighted by molar-refractivity contribution is 0.695. The van der Waals surface area contributed by atoms with Crippen LogP contribution in [0.2, 0.25) is 0 Å². The van der Waals surface area contributed by atoms with Crippen molar-refractivity contribution >= 4 is 21.8 Å². The molecule has 2 aromatic heterocycles. The summed E-state index contributed by atoms with van der Waals surface area (Å²) in [6.07, 6.45) is 0. The molecule has 0 bridgehead atoms. The summed E-state index contributed by atoms with van der Waals surface area (Å²) in [5.74, 6) is 0. The number of aromatic nitrogens is 3. The van der Waals surface area contributed by atoms with Crippen molar-refractivity contribution in [3.8, 4) is 17.5 Å². The second kappa shape index (κ2) is 6.40. The van der Waals surface area contributed by atoms with Gasteiger partial charge in [-0.05, 0) is 35.9 Å². The SMILES string of the molecule is N#Cc1ccc2c(-c3cc4ccc(CNCCN)cc4[nH]3)n[nH]c2c1. The average molecular weight is 330 g/mol. The summed E-state index contributed by atoms with van der Waals surface area (Å²) < 4.78 is 0. The van der Waals surface area contributed by atoms with Gasteiger partial charge in [-0.25, -0.2) is 0 Å². The van der Waals surface area contributed by atoms with Crippen molar-refractivity contribution in [2.75, 3.05) is 13.1 Å². The van der Waals surface area contributed by atoms with Crippen molar-refractivity contribution in [2.45, 2.75) is 6.54 Å². The van der Waals surface area contributed by atoms with E-state index in [2.05, 4.69) is 50.8 Å². The lowest BCUT2D eigenvalue weighted by Crippen LogP contribution is -2.21. The molecule has 0 unspecified atom stereocenters. The Bertz CT molecular complexity index is 1080. The molecule has 2 aromatic carbocycles. The van der Waals surface area contributed by atoms with Gasteiger partial charge in [-0.15, -0.1) is 0 Å². The zero-order valence-corrected chi connectivity index (χ0v) is 13.6. The molecule has 6 nitrogen and oxygen atoms in total. The highest BCUT2D eigenvalue weighted by atomic mass is 15.1. The van der Waals surface area contributed by atoms with Gasteiger partial charge < -0.3 is 16.0 Å². The number of fused-ring (bicyclic) bond motifs is 2. The summed E-state index contributed by atoms with van der Waals surface area (Å²) in [5.41, 5.74) is 11.1. The van der Waals surface area contributed by atoms with Crippen molar-refractivity contribution in [3.05, 3.63) is 53.6 Å².